The van der Waals surface area contributed by atoms with E-state index in [0.29, 0.717) is 11.3 Å². The highest BCUT2D eigenvalue weighted by Gasteiger charge is 2.11. The van der Waals surface area contributed by atoms with Gasteiger partial charge in [0.2, 0.25) is 0 Å². The monoisotopic (exact) mass is 236 g/mol. The molecule has 1 aromatic carbocycles. The lowest BCUT2D eigenvalue weighted by Gasteiger charge is -2.10. The molecule has 0 aliphatic carbocycles. The minimum absolute atomic E-state index is 0.382. The van der Waals surface area contributed by atoms with E-state index in [1.807, 2.05) is 0 Å². The molecule has 0 bridgehead atoms. The summed E-state index contributed by atoms with van der Waals surface area (Å²) in [7, 11) is 0. The fourth-order valence-electron chi connectivity index (χ4n) is 1.11. The van der Waals surface area contributed by atoms with Gasteiger partial charge in [0.25, 0.3) is 0 Å². The molecule has 0 fully saturated rings. The first kappa shape index (κ1) is 12.8. The van der Waals surface area contributed by atoms with Crippen molar-refractivity contribution in [2.45, 2.75) is 13.0 Å². The first-order valence-electron chi connectivity index (χ1n) is 4.89. The van der Waals surface area contributed by atoms with Crippen LogP contribution in [0.2, 0.25) is 0 Å². The smallest absolute Gasteiger partial charge is 0.344 e. The molecule has 1 aromatic rings. The van der Waals surface area contributed by atoms with Crippen molar-refractivity contribution in [3.63, 3.8) is 0 Å². The van der Waals surface area contributed by atoms with Crippen LogP contribution in [-0.4, -0.2) is 28.3 Å². The number of carboxylic acids is 2. The summed E-state index contributed by atoms with van der Waals surface area (Å²) in [6.07, 6.45) is 1.45. The Morgan fingerprint density at radius 1 is 1.35 bits per heavy atom. The number of hydrogen-bond acceptors (Lipinski definition) is 3. The van der Waals surface area contributed by atoms with Gasteiger partial charge in [-0.25, -0.2) is 9.59 Å². The van der Waals surface area contributed by atoms with Crippen LogP contribution in [0.25, 0.3) is 6.08 Å². The molecule has 0 saturated carbocycles. The summed E-state index contributed by atoms with van der Waals surface area (Å²) >= 11 is 0. The Balaban J connectivity index is 2.79. The van der Waals surface area contributed by atoms with Crippen LogP contribution >= 0.6 is 0 Å². The van der Waals surface area contributed by atoms with E-state index in [4.69, 9.17) is 14.9 Å². The normalized spacial score (nSPS) is 12.3. The molecule has 0 amide bonds. The first-order valence-corrected chi connectivity index (χ1v) is 4.89. The van der Waals surface area contributed by atoms with Crippen molar-refractivity contribution in [2.75, 3.05) is 0 Å². The predicted octanol–water partition coefficient (Wildman–Crippen LogP) is 1.64. The lowest BCUT2D eigenvalue weighted by molar-refractivity contribution is -0.144. The molecule has 1 atom stereocenters. The molecule has 0 saturated heterocycles. The second-order valence-corrected chi connectivity index (χ2v) is 3.34. The molecule has 0 aromatic heterocycles. The van der Waals surface area contributed by atoms with Crippen molar-refractivity contribution in [3.05, 3.63) is 35.9 Å². The standard InChI is InChI=1S/C12H12O5/c1-8(12(15)16)17-10-4-2-3-9(7-10)5-6-11(13)14/h2-8H,1H3,(H,13,14)(H,15,16). The van der Waals surface area contributed by atoms with E-state index in [0.717, 1.165) is 6.08 Å². The predicted molar refractivity (Wildman–Crippen MR) is 60.8 cm³/mol. The SMILES string of the molecule is CC(Oc1cccc(C=CC(=O)O)c1)C(=O)O. The summed E-state index contributed by atoms with van der Waals surface area (Å²) in [6.45, 7) is 1.42. The second-order valence-electron chi connectivity index (χ2n) is 3.34. The van der Waals surface area contributed by atoms with Crippen molar-refractivity contribution in [1.82, 2.24) is 0 Å². The minimum atomic E-state index is -1.06. The van der Waals surface area contributed by atoms with E-state index >= 15 is 0 Å². The van der Waals surface area contributed by atoms with E-state index in [-0.39, 0.29) is 0 Å². The van der Waals surface area contributed by atoms with Crippen LogP contribution in [0.15, 0.2) is 30.3 Å². The quantitative estimate of drug-likeness (QED) is 0.759. The molecular formula is C12H12O5. The molecule has 17 heavy (non-hydrogen) atoms. The number of benzene rings is 1. The average molecular weight is 236 g/mol. The highest BCUT2D eigenvalue weighted by molar-refractivity contribution is 5.85. The fourth-order valence-corrected chi connectivity index (χ4v) is 1.11. The van der Waals surface area contributed by atoms with Gasteiger partial charge >= 0.3 is 11.9 Å². The van der Waals surface area contributed by atoms with Gasteiger partial charge in [0, 0.05) is 6.08 Å². The van der Waals surface area contributed by atoms with Crippen LogP contribution in [-0.2, 0) is 9.59 Å². The summed E-state index contributed by atoms with van der Waals surface area (Å²) in [4.78, 5) is 20.9. The van der Waals surface area contributed by atoms with Gasteiger partial charge in [0.15, 0.2) is 6.10 Å². The number of carboxylic acid groups (broad SMARTS) is 2. The number of ether oxygens (including phenoxy) is 1. The summed E-state index contributed by atoms with van der Waals surface area (Å²) in [5, 5.41) is 17.1. The highest BCUT2D eigenvalue weighted by atomic mass is 16.5. The topological polar surface area (TPSA) is 83.8 Å². The molecule has 0 aliphatic heterocycles. The molecule has 1 rings (SSSR count). The Kier molecular flexibility index (Phi) is 4.28. The van der Waals surface area contributed by atoms with E-state index < -0.39 is 18.0 Å². The highest BCUT2D eigenvalue weighted by Crippen LogP contribution is 2.16. The Labute approximate surface area is 98.0 Å². The van der Waals surface area contributed by atoms with Crippen LogP contribution in [0.4, 0.5) is 0 Å². The molecule has 0 radical (unpaired) electrons. The Morgan fingerprint density at radius 3 is 2.65 bits per heavy atom. The Morgan fingerprint density at radius 2 is 2.06 bits per heavy atom. The van der Waals surface area contributed by atoms with Gasteiger partial charge < -0.3 is 14.9 Å². The number of hydrogen-bond donors (Lipinski definition) is 2. The molecule has 5 heteroatoms. The zero-order chi connectivity index (χ0) is 12.8. The lowest BCUT2D eigenvalue weighted by Crippen LogP contribution is -2.22. The zero-order valence-corrected chi connectivity index (χ0v) is 9.16. The molecule has 0 aliphatic rings. The third kappa shape index (κ3) is 4.38. The van der Waals surface area contributed by atoms with Crippen molar-refractivity contribution in [1.29, 1.82) is 0 Å². The zero-order valence-electron chi connectivity index (χ0n) is 9.16. The Hall–Kier alpha value is -2.30. The molecule has 0 spiro atoms. The van der Waals surface area contributed by atoms with Gasteiger partial charge in [0.05, 0.1) is 0 Å². The van der Waals surface area contributed by atoms with Crippen molar-refractivity contribution in [3.8, 4) is 5.75 Å². The fraction of sp³-hybridized carbons (Fsp3) is 0.167. The molecular weight excluding hydrogens is 224 g/mol. The maximum Gasteiger partial charge on any atom is 0.344 e. The van der Waals surface area contributed by atoms with Crippen molar-refractivity contribution >= 4 is 18.0 Å². The van der Waals surface area contributed by atoms with Crippen LogP contribution in [0.1, 0.15) is 12.5 Å². The summed E-state index contributed by atoms with van der Waals surface area (Å²) in [5.41, 5.74) is 0.627. The van der Waals surface area contributed by atoms with Crippen LogP contribution in [0.3, 0.4) is 0 Å². The van der Waals surface area contributed by atoms with E-state index in [9.17, 15) is 9.59 Å². The molecule has 0 heterocycles. The third-order valence-corrected chi connectivity index (χ3v) is 1.94. The first-order chi connectivity index (χ1) is 7.99. The number of aliphatic carboxylic acids is 2. The minimum Gasteiger partial charge on any atom is -0.479 e. The van der Waals surface area contributed by atoms with Crippen molar-refractivity contribution in [2.24, 2.45) is 0 Å². The number of rotatable bonds is 5. The average Bonchev–Trinajstić information content (AvgIpc) is 2.26. The number of carbonyl (C=O) groups is 2. The van der Waals surface area contributed by atoms with E-state index in [1.165, 1.54) is 13.0 Å². The second kappa shape index (κ2) is 5.69. The molecule has 2 N–H and O–H groups in total. The summed E-state index contributed by atoms with van der Waals surface area (Å²) in [5.74, 6) is -1.72. The Bertz CT molecular complexity index is 450. The largest absolute Gasteiger partial charge is 0.479 e. The van der Waals surface area contributed by atoms with Crippen LogP contribution < -0.4 is 4.74 Å². The van der Waals surface area contributed by atoms with E-state index in [2.05, 4.69) is 0 Å². The van der Waals surface area contributed by atoms with E-state index in [1.54, 1.807) is 24.3 Å². The van der Waals surface area contributed by atoms with Gasteiger partial charge in [-0.05, 0) is 30.7 Å². The maximum absolute atomic E-state index is 10.6. The third-order valence-electron chi connectivity index (χ3n) is 1.94. The van der Waals surface area contributed by atoms with Crippen molar-refractivity contribution < 1.29 is 24.5 Å². The van der Waals surface area contributed by atoms with Crippen LogP contribution in [0, 0.1) is 0 Å². The van der Waals surface area contributed by atoms with Gasteiger partial charge in [-0.15, -0.1) is 0 Å². The molecule has 5 nitrogen and oxygen atoms in total. The van der Waals surface area contributed by atoms with Gasteiger partial charge in [-0.1, -0.05) is 12.1 Å². The summed E-state index contributed by atoms with van der Waals surface area (Å²) < 4.78 is 5.14. The van der Waals surface area contributed by atoms with Gasteiger partial charge in [-0.3, -0.25) is 0 Å². The van der Waals surface area contributed by atoms with Crippen LogP contribution in [0.5, 0.6) is 5.75 Å². The summed E-state index contributed by atoms with van der Waals surface area (Å²) in [6, 6.07) is 6.53. The molecule has 90 valence electrons. The van der Waals surface area contributed by atoms with Gasteiger partial charge in [-0.2, -0.15) is 0 Å². The maximum atomic E-state index is 10.6. The molecule has 1 unspecified atom stereocenters. The lowest BCUT2D eigenvalue weighted by atomic mass is 10.2. The van der Waals surface area contributed by atoms with Gasteiger partial charge in [0.1, 0.15) is 5.75 Å².